The van der Waals surface area contributed by atoms with Crippen molar-refractivity contribution < 1.29 is 13.5 Å². The van der Waals surface area contributed by atoms with E-state index in [4.69, 9.17) is 4.74 Å². The van der Waals surface area contributed by atoms with Crippen LogP contribution in [0.1, 0.15) is 0 Å². The number of ether oxygens (including phenoxy) is 1. The second-order valence-corrected chi connectivity index (χ2v) is 3.61. The van der Waals surface area contributed by atoms with Crippen molar-refractivity contribution in [3.8, 4) is 5.75 Å². The number of hydrogen-bond donors (Lipinski definition) is 2. The maximum absolute atomic E-state index is 13.1. The highest BCUT2D eigenvalue weighted by atomic mass is 19.2. The summed E-state index contributed by atoms with van der Waals surface area (Å²) in [6.45, 7) is 0. The van der Waals surface area contributed by atoms with Crippen LogP contribution >= 0.6 is 0 Å². The minimum Gasteiger partial charge on any atom is -0.490 e. The lowest BCUT2D eigenvalue weighted by Crippen LogP contribution is -2.03. The predicted molar refractivity (Wildman–Crippen MR) is 67.8 cm³/mol. The molecule has 2 aromatic rings. The van der Waals surface area contributed by atoms with Gasteiger partial charge in [-0.3, -0.25) is 0 Å². The van der Waals surface area contributed by atoms with Crippen molar-refractivity contribution in [2.24, 2.45) is 0 Å². The second-order valence-electron chi connectivity index (χ2n) is 3.61. The maximum atomic E-state index is 13.1. The molecule has 0 unspecified atom stereocenters. The summed E-state index contributed by atoms with van der Waals surface area (Å²) in [5, 5.41) is 5.69. The maximum Gasteiger partial charge on any atom is 0.204 e. The fourth-order valence-electron chi connectivity index (χ4n) is 1.54. The summed E-state index contributed by atoms with van der Waals surface area (Å²) in [6, 6.07) is 3.47. The molecule has 2 rings (SSSR count). The average molecular weight is 266 g/mol. The van der Waals surface area contributed by atoms with Crippen LogP contribution in [-0.4, -0.2) is 24.1 Å². The predicted octanol–water partition coefficient (Wildman–Crippen LogP) is 2.55. The molecule has 0 spiro atoms. The highest BCUT2D eigenvalue weighted by Crippen LogP contribution is 2.31. The number of methoxy groups -OCH3 is 1. The molecular formula is C12H12F2N4O. The monoisotopic (exact) mass is 266 g/mol. The highest BCUT2D eigenvalue weighted by Gasteiger charge is 2.12. The Balaban J connectivity index is 2.35. The molecule has 0 atom stereocenters. The van der Waals surface area contributed by atoms with Gasteiger partial charge in [-0.1, -0.05) is 0 Å². The molecule has 0 saturated heterocycles. The van der Waals surface area contributed by atoms with Gasteiger partial charge in [0.25, 0.3) is 0 Å². The Morgan fingerprint density at radius 2 is 1.84 bits per heavy atom. The Morgan fingerprint density at radius 1 is 1.11 bits per heavy atom. The Labute approximate surface area is 108 Å². The molecule has 1 aromatic carbocycles. The topological polar surface area (TPSA) is 59.1 Å². The van der Waals surface area contributed by atoms with Gasteiger partial charge >= 0.3 is 0 Å². The molecule has 0 amide bonds. The zero-order chi connectivity index (χ0) is 13.8. The van der Waals surface area contributed by atoms with Crippen molar-refractivity contribution in [2.45, 2.75) is 0 Å². The van der Waals surface area contributed by atoms with Crippen molar-refractivity contribution in [3.63, 3.8) is 0 Å². The molecular weight excluding hydrogens is 254 g/mol. The molecule has 0 bridgehead atoms. The van der Waals surface area contributed by atoms with Crippen molar-refractivity contribution in [2.75, 3.05) is 24.8 Å². The number of nitrogens with zero attached hydrogens (tertiary/aromatic N) is 2. The zero-order valence-electron chi connectivity index (χ0n) is 10.4. The normalized spacial score (nSPS) is 10.1. The molecule has 0 fully saturated rings. The molecule has 0 aliphatic rings. The summed E-state index contributed by atoms with van der Waals surface area (Å²) in [4.78, 5) is 7.98. The first-order valence-electron chi connectivity index (χ1n) is 5.44. The van der Waals surface area contributed by atoms with Gasteiger partial charge in [0.15, 0.2) is 23.3 Å². The van der Waals surface area contributed by atoms with Crippen molar-refractivity contribution >= 4 is 17.3 Å². The average Bonchev–Trinajstić information content (AvgIpc) is 2.42. The van der Waals surface area contributed by atoms with Crippen molar-refractivity contribution in [1.82, 2.24) is 9.97 Å². The SMILES string of the molecule is CNc1ncnc(Nc2ccc(F)c(F)c2)c1OC. The first-order chi connectivity index (χ1) is 9.15. The lowest BCUT2D eigenvalue weighted by molar-refractivity contribution is 0.415. The van der Waals surface area contributed by atoms with Gasteiger partial charge in [-0.05, 0) is 12.1 Å². The molecule has 1 heterocycles. The lowest BCUT2D eigenvalue weighted by atomic mass is 10.3. The highest BCUT2D eigenvalue weighted by molar-refractivity contribution is 5.69. The van der Waals surface area contributed by atoms with Gasteiger partial charge < -0.3 is 15.4 Å². The van der Waals surface area contributed by atoms with E-state index in [1.165, 1.54) is 19.5 Å². The molecule has 7 heteroatoms. The summed E-state index contributed by atoms with van der Waals surface area (Å²) in [5.74, 6) is -0.617. The van der Waals surface area contributed by atoms with Crippen LogP contribution in [-0.2, 0) is 0 Å². The number of nitrogens with one attached hydrogen (secondary N) is 2. The quantitative estimate of drug-likeness (QED) is 0.890. The first kappa shape index (κ1) is 13.0. The van der Waals surface area contributed by atoms with Crippen LogP contribution in [0.15, 0.2) is 24.5 Å². The van der Waals surface area contributed by atoms with Crippen LogP contribution in [0, 0.1) is 11.6 Å². The zero-order valence-corrected chi connectivity index (χ0v) is 10.4. The third kappa shape index (κ3) is 2.70. The Kier molecular flexibility index (Phi) is 3.74. The van der Waals surface area contributed by atoms with Gasteiger partial charge in [0.1, 0.15) is 6.33 Å². The number of hydrogen-bond acceptors (Lipinski definition) is 5. The molecule has 19 heavy (non-hydrogen) atoms. The standard InChI is InChI=1S/C12H12F2N4O/c1-15-11-10(19-2)12(17-6-16-11)18-7-3-4-8(13)9(14)5-7/h3-6H,1-2H3,(H2,15,16,17,18). The van der Waals surface area contributed by atoms with Gasteiger partial charge in [-0.25, -0.2) is 18.7 Å². The summed E-state index contributed by atoms with van der Waals surface area (Å²) in [7, 11) is 3.15. The van der Waals surface area contributed by atoms with E-state index in [0.29, 0.717) is 23.1 Å². The lowest BCUT2D eigenvalue weighted by Gasteiger charge is -2.12. The van der Waals surface area contributed by atoms with Crippen LogP contribution in [0.25, 0.3) is 0 Å². The van der Waals surface area contributed by atoms with Crippen LogP contribution < -0.4 is 15.4 Å². The molecule has 0 aliphatic heterocycles. The van der Waals surface area contributed by atoms with Crippen LogP contribution in [0.5, 0.6) is 5.75 Å². The smallest absolute Gasteiger partial charge is 0.204 e. The summed E-state index contributed by atoms with van der Waals surface area (Å²) in [5.41, 5.74) is 0.359. The minimum atomic E-state index is -0.938. The minimum absolute atomic E-state index is 0.354. The molecule has 2 N–H and O–H groups in total. The van der Waals surface area contributed by atoms with Gasteiger partial charge in [0.05, 0.1) is 7.11 Å². The Hall–Kier alpha value is -2.44. The van der Waals surface area contributed by atoms with E-state index in [9.17, 15) is 8.78 Å². The van der Waals surface area contributed by atoms with E-state index in [-0.39, 0.29) is 0 Å². The number of anilines is 3. The second kappa shape index (κ2) is 5.47. The summed E-state index contributed by atoms with van der Waals surface area (Å²) < 4.78 is 31.1. The van der Waals surface area contributed by atoms with Crippen molar-refractivity contribution in [3.05, 3.63) is 36.2 Å². The van der Waals surface area contributed by atoms with Gasteiger partial charge in [0.2, 0.25) is 5.75 Å². The first-order valence-corrected chi connectivity index (χ1v) is 5.44. The van der Waals surface area contributed by atoms with Crippen LogP contribution in [0.2, 0.25) is 0 Å². The molecule has 0 saturated carbocycles. The van der Waals surface area contributed by atoms with Gasteiger partial charge in [-0.2, -0.15) is 0 Å². The van der Waals surface area contributed by atoms with E-state index in [1.807, 2.05) is 0 Å². The Bertz CT molecular complexity index is 592. The third-order valence-electron chi connectivity index (χ3n) is 2.43. The van der Waals surface area contributed by atoms with Gasteiger partial charge in [0, 0.05) is 18.8 Å². The summed E-state index contributed by atoms with van der Waals surface area (Å²) in [6.07, 6.45) is 1.33. The van der Waals surface area contributed by atoms with E-state index in [1.54, 1.807) is 7.05 Å². The number of aromatic nitrogens is 2. The fraction of sp³-hybridized carbons (Fsp3) is 0.167. The molecule has 0 aliphatic carbocycles. The summed E-state index contributed by atoms with van der Waals surface area (Å²) >= 11 is 0. The van der Waals surface area contributed by atoms with Crippen LogP contribution in [0.3, 0.4) is 0 Å². The van der Waals surface area contributed by atoms with Crippen molar-refractivity contribution in [1.29, 1.82) is 0 Å². The number of halogens is 2. The van der Waals surface area contributed by atoms with Crippen LogP contribution in [0.4, 0.5) is 26.1 Å². The van der Waals surface area contributed by atoms with E-state index < -0.39 is 11.6 Å². The number of rotatable bonds is 4. The van der Waals surface area contributed by atoms with E-state index in [2.05, 4.69) is 20.6 Å². The molecule has 5 nitrogen and oxygen atoms in total. The van der Waals surface area contributed by atoms with Gasteiger partial charge in [-0.15, -0.1) is 0 Å². The largest absolute Gasteiger partial charge is 0.490 e. The molecule has 100 valence electrons. The van der Waals surface area contributed by atoms with E-state index in [0.717, 1.165) is 12.1 Å². The number of benzene rings is 1. The molecule has 0 radical (unpaired) electrons. The Morgan fingerprint density at radius 3 is 2.47 bits per heavy atom. The fourth-order valence-corrected chi connectivity index (χ4v) is 1.54. The van der Waals surface area contributed by atoms with E-state index >= 15 is 0 Å². The third-order valence-corrected chi connectivity index (χ3v) is 2.43. The molecule has 1 aromatic heterocycles.